The van der Waals surface area contributed by atoms with Gasteiger partial charge in [0.1, 0.15) is 12.2 Å². The summed E-state index contributed by atoms with van der Waals surface area (Å²) >= 11 is 0. The number of carbonyl (C=O) groups is 1. The maximum Gasteiger partial charge on any atom is 0.289 e. The molecule has 0 aliphatic rings. The van der Waals surface area contributed by atoms with Gasteiger partial charge >= 0.3 is 0 Å². The quantitative estimate of drug-likeness (QED) is 0.422. The fourth-order valence-electron chi connectivity index (χ4n) is 3.29. The first-order valence-electron chi connectivity index (χ1n) is 9.72. The van der Waals surface area contributed by atoms with Crippen molar-refractivity contribution in [3.05, 3.63) is 95.7 Å². The van der Waals surface area contributed by atoms with Crippen LogP contribution in [0.2, 0.25) is 0 Å². The number of nitrogens with zero attached hydrogens (tertiary/aromatic N) is 1. The predicted octanol–water partition coefficient (Wildman–Crippen LogP) is 5.29. The predicted molar refractivity (Wildman–Crippen MR) is 116 cm³/mol. The fraction of sp³-hybridized carbons (Fsp3) is 0.160. The van der Waals surface area contributed by atoms with Crippen LogP contribution >= 0.6 is 0 Å². The van der Waals surface area contributed by atoms with Crippen LogP contribution in [0, 0.1) is 0 Å². The van der Waals surface area contributed by atoms with Gasteiger partial charge < -0.3 is 18.8 Å². The van der Waals surface area contributed by atoms with Gasteiger partial charge in [0.15, 0.2) is 17.3 Å². The van der Waals surface area contributed by atoms with Crippen LogP contribution in [-0.4, -0.2) is 25.0 Å². The van der Waals surface area contributed by atoms with Gasteiger partial charge in [-0.3, -0.25) is 4.79 Å². The van der Waals surface area contributed by atoms with Gasteiger partial charge in [-0.25, -0.2) is 0 Å². The molecule has 0 aliphatic heterocycles. The van der Waals surface area contributed by atoms with Gasteiger partial charge in [-0.1, -0.05) is 54.6 Å². The highest BCUT2D eigenvalue weighted by molar-refractivity contribution is 5.95. The Morgan fingerprint density at radius 1 is 0.900 bits per heavy atom. The zero-order valence-corrected chi connectivity index (χ0v) is 17.0. The van der Waals surface area contributed by atoms with Crippen molar-refractivity contribution in [2.45, 2.75) is 13.2 Å². The number of hydrogen-bond donors (Lipinski definition) is 0. The Morgan fingerprint density at radius 3 is 2.43 bits per heavy atom. The first-order valence-corrected chi connectivity index (χ1v) is 9.72. The Balaban J connectivity index is 1.45. The molecule has 152 valence electrons. The molecule has 0 N–H and O–H groups in total. The summed E-state index contributed by atoms with van der Waals surface area (Å²) in [6.45, 7) is 0.881. The van der Waals surface area contributed by atoms with Crippen LogP contribution in [0.3, 0.4) is 0 Å². The van der Waals surface area contributed by atoms with Crippen molar-refractivity contribution in [1.29, 1.82) is 0 Å². The van der Waals surface area contributed by atoms with Crippen molar-refractivity contribution in [3.63, 3.8) is 0 Å². The first-order chi connectivity index (χ1) is 14.6. The normalized spacial score (nSPS) is 10.7. The maximum absolute atomic E-state index is 12.8. The van der Waals surface area contributed by atoms with Crippen LogP contribution in [0.25, 0.3) is 11.0 Å². The second kappa shape index (κ2) is 8.74. The third-order valence-electron chi connectivity index (χ3n) is 4.87. The molecule has 0 saturated carbocycles. The Hall–Kier alpha value is -3.73. The third kappa shape index (κ3) is 4.30. The molecule has 1 amide bonds. The second-order valence-corrected chi connectivity index (χ2v) is 7.07. The van der Waals surface area contributed by atoms with E-state index in [0.29, 0.717) is 36.0 Å². The molecule has 5 nitrogen and oxygen atoms in total. The summed E-state index contributed by atoms with van der Waals surface area (Å²) in [4.78, 5) is 14.4. The number of rotatable bonds is 7. The van der Waals surface area contributed by atoms with E-state index in [2.05, 4.69) is 0 Å². The highest BCUT2D eigenvalue weighted by atomic mass is 16.5. The fourth-order valence-corrected chi connectivity index (χ4v) is 3.29. The van der Waals surface area contributed by atoms with Crippen LogP contribution in [0.15, 0.2) is 83.3 Å². The minimum Gasteiger partial charge on any atom is -0.493 e. The number of amides is 1. The van der Waals surface area contributed by atoms with Gasteiger partial charge in [0.2, 0.25) is 0 Å². The molecule has 1 heterocycles. The largest absolute Gasteiger partial charge is 0.493 e. The average Bonchev–Trinajstić information content (AvgIpc) is 3.22. The molecule has 5 heteroatoms. The van der Waals surface area contributed by atoms with E-state index in [-0.39, 0.29) is 5.91 Å². The summed E-state index contributed by atoms with van der Waals surface area (Å²) in [5.41, 5.74) is 2.72. The minimum atomic E-state index is -0.172. The maximum atomic E-state index is 12.8. The molecular weight excluding hydrogens is 378 g/mol. The van der Waals surface area contributed by atoms with Gasteiger partial charge in [0.25, 0.3) is 5.91 Å². The Morgan fingerprint density at radius 2 is 1.67 bits per heavy atom. The number of hydrogen-bond acceptors (Lipinski definition) is 4. The number of benzene rings is 3. The third-order valence-corrected chi connectivity index (χ3v) is 4.87. The molecule has 3 aromatic carbocycles. The van der Waals surface area contributed by atoms with Crippen molar-refractivity contribution < 1.29 is 18.7 Å². The molecule has 0 spiro atoms. The van der Waals surface area contributed by atoms with E-state index < -0.39 is 0 Å². The minimum absolute atomic E-state index is 0.172. The zero-order valence-electron chi connectivity index (χ0n) is 17.0. The van der Waals surface area contributed by atoms with Gasteiger partial charge in [0.05, 0.1) is 7.11 Å². The van der Waals surface area contributed by atoms with E-state index in [4.69, 9.17) is 13.9 Å². The summed E-state index contributed by atoms with van der Waals surface area (Å²) < 4.78 is 17.1. The van der Waals surface area contributed by atoms with Gasteiger partial charge in [-0.2, -0.15) is 0 Å². The Kier molecular flexibility index (Phi) is 5.70. The lowest BCUT2D eigenvalue weighted by Gasteiger charge is -2.17. The monoisotopic (exact) mass is 401 g/mol. The number of para-hydroxylation sites is 1. The van der Waals surface area contributed by atoms with Crippen molar-refractivity contribution >= 4 is 16.9 Å². The van der Waals surface area contributed by atoms with E-state index in [1.54, 1.807) is 25.1 Å². The molecule has 0 saturated heterocycles. The lowest BCUT2D eigenvalue weighted by atomic mass is 10.2. The SMILES string of the molecule is COc1cc(CN(C)C(=O)c2cc3ccccc3o2)ccc1OCc1ccccc1. The van der Waals surface area contributed by atoms with Gasteiger partial charge in [0, 0.05) is 19.0 Å². The standard InChI is InChI=1S/C25H23NO4/c1-26(25(27)24-15-20-10-6-7-11-21(20)30-24)16-19-12-13-22(23(14-19)28-2)29-17-18-8-4-3-5-9-18/h3-15H,16-17H2,1-2H3. The lowest BCUT2D eigenvalue weighted by Crippen LogP contribution is -2.25. The van der Waals surface area contributed by atoms with Crippen LogP contribution in [0.1, 0.15) is 21.7 Å². The van der Waals surface area contributed by atoms with Gasteiger partial charge in [-0.15, -0.1) is 0 Å². The summed E-state index contributed by atoms with van der Waals surface area (Å²) in [5, 5.41) is 0.913. The van der Waals surface area contributed by atoms with Crippen LogP contribution in [-0.2, 0) is 13.2 Å². The number of methoxy groups -OCH3 is 1. The lowest BCUT2D eigenvalue weighted by molar-refractivity contribution is 0.0755. The molecule has 0 atom stereocenters. The topological polar surface area (TPSA) is 51.9 Å². The molecule has 0 fully saturated rings. The highest BCUT2D eigenvalue weighted by Crippen LogP contribution is 2.29. The highest BCUT2D eigenvalue weighted by Gasteiger charge is 2.17. The number of ether oxygens (including phenoxy) is 2. The molecule has 30 heavy (non-hydrogen) atoms. The Bertz CT molecular complexity index is 1120. The summed E-state index contributed by atoms with van der Waals surface area (Å²) in [6, 6.07) is 25.0. The van der Waals surface area contributed by atoms with Gasteiger partial charge in [-0.05, 0) is 35.4 Å². The van der Waals surface area contributed by atoms with E-state index in [9.17, 15) is 4.79 Å². The van der Waals surface area contributed by atoms with Crippen molar-refractivity contribution in [3.8, 4) is 11.5 Å². The summed E-state index contributed by atoms with van der Waals surface area (Å²) in [7, 11) is 3.36. The molecule has 0 aliphatic carbocycles. The number of furan rings is 1. The van der Waals surface area contributed by atoms with Crippen molar-refractivity contribution in [1.82, 2.24) is 4.90 Å². The van der Waals surface area contributed by atoms with Crippen molar-refractivity contribution in [2.75, 3.05) is 14.2 Å². The van der Waals surface area contributed by atoms with E-state index in [1.807, 2.05) is 72.8 Å². The molecule has 4 aromatic rings. The number of carbonyl (C=O) groups excluding carboxylic acids is 1. The molecule has 1 aromatic heterocycles. The summed E-state index contributed by atoms with van der Waals surface area (Å²) in [5.74, 6) is 1.45. The molecule has 0 radical (unpaired) electrons. The molecule has 4 rings (SSSR count). The van der Waals surface area contributed by atoms with E-state index in [1.165, 1.54) is 0 Å². The zero-order chi connectivity index (χ0) is 20.9. The first kappa shape index (κ1) is 19.6. The smallest absolute Gasteiger partial charge is 0.289 e. The van der Waals surface area contributed by atoms with E-state index in [0.717, 1.165) is 16.5 Å². The molecular formula is C25H23NO4. The summed E-state index contributed by atoms with van der Waals surface area (Å²) in [6.07, 6.45) is 0. The van der Waals surface area contributed by atoms with Crippen molar-refractivity contribution in [2.24, 2.45) is 0 Å². The van der Waals surface area contributed by atoms with Crippen LogP contribution in [0.5, 0.6) is 11.5 Å². The second-order valence-electron chi connectivity index (χ2n) is 7.07. The molecule has 0 bridgehead atoms. The van der Waals surface area contributed by atoms with E-state index >= 15 is 0 Å². The molecule has 0 unspecified atom stereocenters. The Labute approximate surface area is 175 Å². The van der Waals surface area contributed by atoms with Crippen LogP contribution < -0.4 is 9.47 Å². The van der Waals surface area contributed by atoms with Crippen LogP contribution in [0.4, 0.5) is 0 Å². The number of fused-ring (bicyclic) bond motifs is 1. The average molecular weight is 401 g/mol.